The number of amides is 1. The number of hydrogen-bond donors (Lipinski definition) is 1. The average molecular weight is 342 g/mol. The summed E-state index contributed by atoms with van der Waals surface area (Å²) in [6, 6.07) is 11.6. The van der Waals surface area contributed by atoms with E-state index in [9.17, 15) is 4.79 Å². The molecule has 0 aromatic heterocycles. The summed E-state index contributed by atoms with van der Waals surface area (Å²) in [7, 11) is 0. The maximum absolute atomic E-state index is 12.1. The van der Waals surface area contributed by atoms with Gasteiger partial charge in [-0.15, -0.1) is 0 Å². The Labute approximate surface area is 146 Å². The molecule has 4 nitrogen and oxygen atoms in total. The van der Waals surface area contributed by atoms with Gasteiger partial charge in [-0.3, -0.25) is 4.79 Å². The van der Waals surface area contributed by atoms with E-state index in [-0.39, 0.29) is 11.9 Å². The number of nitrogens with two attached hydrogens (primary N) is 1. The number of anilines is 1. The molecule has 1 unspecified atom stereocenters. The fourth-order valence-corrected chi connectivity index (χ4v) is 3.24. The number of halogens is 1. The molecule has 0 spiro atoms. The van der Waals surface area contributed by atoms with Gasteiger partial charge in [0.1, 0.15) is 0 Å². The van der Waals surface area contributed by atoms with Gasteiger partial charge in [0.2, 0.25) is 5.91 Å². The highest BCUT2D eigenvalue weighted by molar-refractivity contribution is 6.31. The number of aryl methyl sites for hydroxylation is 1. The minimum atomic E-state index is -0.0777. The van der Waals surface area contributed by atoms with Gasteiger partial charge in [0, 0.05) is 28.8 Å². The smallest absolute Gasteiger partial charge is 0.239 e. The van der Waals surface area contributed by atoms with Crippen molar-refractivity contribution < 1.29 is 4.79 Å². The van der Waals surface area contributed by atoms with E-state index in [0.717, 1.165) is 33.7 Å². The molecule has 2 aromatic rings. The van der Waals surface area contributed by atoms with Gasteiger partial charge >= 0.3 is 0 Å². The van der Waals surface area contributed by atoms with E-state index < -0.39 is 0 Å². The van der Waals surface area contributed by atoms with Crippen LogP contribution in [-0.2, 0) is 11.2 Å². The summed E-state index contributed by atoms with van der Waals surface area (Å²) in [6.45, 7) is 5.49. The first-order chi connectivity index (χ1) is 11.4. The number of nitrogen functional groups attached to an aromatic ring is 1. The first-order valence-corrected chi connectivity index (χ1v) is 8.28. The van der Waals surface area contributed by atoms with Gasteiger partial charge in [-0.25, -0.2) is 5.01 Å². The highest BCUT2D eigenvalue weighted by Gasteiger charge is 2.25. The maximum Gasteiger partial charge on any atom is 0.239 e. The van der Waals surface area contributed by atoms with E-state index >= 15 is 0 Å². The molecule has 0 radical (unpaired) electrons. The average Bonchev–Trinajstić information content (AvgIpc) is 2.65. The second kappa shape index (κ2) is 6.29. The van der Waals surface area contributed by atoms with E-state index in [1.807, 2.05) is 50.2 Å². The fraction of sp³-hybridized carbons (Fsp3) is 0.263. The van der Waals surface area contributed by atoms with E-state index in [0.29, 0.717) is 11.4 Å². The fourth-order valence-electron chi connectivity index (χ4n) is 3.04. The van der Waals surface area contributed by atoms with Crippen LogP contribution in [0.4, 0.5) is 5.69 Å². The standard InChI is InChI=1S/C19H20ClN3O/c1-11-8-14(4-7-18(11)21)19-17-6-5-16(20)10-15(17)9-12(2)23(22-19)13(3)24/h4-8,10,12H,9,21H2,1-3H3. The number of rotatable bonds is 1. The Balaban J connectivity index is 2.23. The van der Waals surface area contributed by atoms with E-state index in [4.69, 9.17) is 17.3 Å². The summed E-state index contributed by atoms with van der Waals surface area (Å²) >= 11 is 6.18. The number of benzene rings is 2. The van der Waals surface area contributed by atoms with Crippen molar-refractivity contribution in [3.63, 3.8) is 0 Å². The third-order valence-electron chi connectivity index (χ3n) is 4.33. The monoisotopic (exact) mass is 341 g/mol. The van der Waals surface area contributed by atoms with Gasteiger partial charge in [0.15, 0.2) is 0 Å². The summed E-state index contributed by atoms with van der Waals surface area (Å²) in [6.07, 6.45) is 0.705. The molecule has 0 fully saturated rings. The molecule has 1 heterocycles. The summed E-state index contributed by atoms with van der Waals surface area (Å²) in [4.78, 5) is 12.1. The van der Waals surface area contributed by atoms with Crippen LogP contribution in [-0.4, -0.2) is 22.7 Å². The molecule has 124 valence electrons. The molecule has 1 amide bonds. The molecule has 3 rings (SSSR count). The molecule has 2 aromatic carbocycles. The lowest BCUT2D eigenvalue weighted by Crippen LogP contribution is -2.33. The minimum Gasteiger partial charge on any atom is -0.399 e. The Hall–Kier alpha value is -2.33. The van der Waals surface area contributed by atoms with Crippen LogP contribution in [0.1, 0.15) is 36.1 Å². The Bertz CT molecular complexity index is 845. The van der Waals surface area contributed by atoms with Gasteiger partial charge in [0.25, 0.3) is 0 Å². The van der Waals surface area contributed by atoms with Crippen LogP contribution in [0.5, 0.6) is 0 Å². The van der Waals surface area contributed by atoms with E-state index in [2.05, 4.69) is 5.10 Å². The summed E-state index contributed by atoms with van der Waals surface area (Å²) in [5, 5.41) is 6.92. The highest BCUT2D eigenvalue weighted by Crippen LogP contribution is 2.27. The quantitative estimate of drug-likeness (QED) is 0.802. The first-order valence-electron chi connectivity index (χ1n) is 7.90. The predicted octanol–water partition coefficient (Wildman–Crippen LogP) is 3.78. The van der Waals surface area contributed by atoms with Gasteiger partial charge in [-0.05, 0) is 55.7 Å². The normalized spacial score (nSPS) is 17.1. The molecule has 0 bridgehead atoms. The summed E-state index contributed by atoms with van der Waals surface area (Å²) in [5.74, 6) is -0.0777. The van der Waals surface area contributed by atoms with E-state index in [1.54, 1.807) is 5.01 Å². The van der Waals surface area contributed by atoms with Crippen LogP contribution in [0.2, 0.25) is 5.02 Å². The third-order valence-corrected chi connectivity index (χ3v) is 4.56. The Morgan fingerprint density at radius 1 is 1.29 bits per heavy atom. The van der Waals surface area contributed by atoms with Crippen molar-refractivity contribution >= 4 is 28.9 Å². The molecule has 0 saturated heterocycles. The Morgan fingerprint density at radius 3 is 2.71 bits per heavy atom. The summed E-state index contributed by atoms with van der Waals surface area (Å²) < 4.78 is 0. The van der Waals surface area contributed by atoms with Crippen molar-refractivity contribution in [2.75, 3.05) is 5.73 Å². The van der Waals surface area contributed by atoms with Crippen LogP contribution in [0, 0.1) is 6.92 Å². The van der Waals surface area contributed by atoms with Crippen molar-refractivity contribution in [1.82, 2.24) is 5.01 Å². The molecule has 1 aliphatic heterocycles. The molecule has 1 aliphatic rings. The number of carbonyl (C=O) groups is 1. The molecule has 0 saturated carbocycles. The molecule has 1 atom stereocenters. The zero-order valence-electron chi connectivity index (χ0n) is 14.0. The second-order valence-corrected chi connectivity index (χ2v) is 6.67. The lowest BCUT2D eigenvalue weighted by Gasteiger charge is -2.21. The molecule has 24 heavy (non-hydrogen) atoms. The van der Waals surface area contributed by atoms with Crippen molar-refractivity contribution in [2.24, 2.45) is 5.10 Å². The van der Waals surface area contributed by atoms with Crippen molar-refractivity contribution in [3.8, 4) is 0 Å². The number of hydrazone groups is 1. The largest absolute Gasteiger partial charge is 0.399 e. The number of hydrogen-bond acceptors (Lipinski definition) is 3. The lowest BCUT2D eigenvalue weighted by molar-refractivity contribution is -0.130. The number of fused-ring (bicyclic) bond motifs is 1. The molecule has 5 heteroatoms. The minimum absolute atomic E-state index is 0.0351. The number of carbonyl (C=O) groups excluding carboxylic acids is 1. The topological polar surface area (TPSA) is 58.7 Å². The maximum atomic E-state index is 12.1. The molecular formula is C19H20ClN3O. The number of nitrogens with zero attached hydrogens (tertiary/aromatic N) is 2. The van der Waals surface area contributed by atoms with Crippen molar-refractivity contribution in [1.29, 1.82) is 0 Å². The summed E-state index contributed by atoms with van der Waals surface area (Å²) in [5.41, 5.74) is 11.5. The highest BCUT2D eigenvalue weighted by atomic mass is 35.5. The second-order valence-electron chi connectivity index (χ2n) is 6.24. The van der Waals surface area contributed by atoms with Crippen LogP contribution in [0.3, 0.4) is 0 Å². The molecule has 0 aliphatic carbocycles. The first kappa shape index (κ1) is 16.5. The van der Waals surface area contributed by atoms with Crippen LogP contribution >= 0.6 is 11.6 Å². The van der Waals surface area contributed by atoms with Gasteiger partial charge < -0.3 is 5.73 Å². The predicted molar refractivity (Wildman–Crippen MR) is 98.4 cm³/mol. The molecule has 2 N–H and O–H groups in total. The van der Waals surface area contributed by atoms with Crippen LogP contribution < -0.4 is 5.73 Å². The SMILES string of the molecule is CC(=O)N1N=C(c2ccc(N)c(C)c2)c2ccc(Cl)cc2CC1C. The third kappa shape index (κ3) is 3.02. The Morgan fingerprint density at radius 2 is 2.04 bits per heavy atom. The lowest BCUT2D eigenvalue weighted by atomic mass is 9.94. The van der Waals surface area contributed by atoms with Crippen LogP contribution in [0.25, 0.3) is 0 Å². The van der Waals surface area contributed by atoms with Gasteiger partial charge in [-0.2, -0.15) is 5.10 Å². The zero-order valence-corrected chi connectivity index (χ0v) is 14.8. The van der Waals surface area contributed by atoms with Crippen molar-refractivity contribution in [3.05, 3.63) is 63.7 Å². The van der Waals surface area contributed by atoms with Crippen molar-refractivity contribution in [2.45, 2.75) is 33.2 Å². The van der Waals surface area contributed by atoms with Gasteiger partial charge in [-0.1, -0.05) is 23.7 Å². The van der Waals surface area contributed by atoms with Gasteiger partial charge in [0.05, 0.1) is 11.8 Å². The van der Waals surface area contributed by atoms with E-state index in [1.165, 1.54) is 6.92 Å². The Kier molecular flexibility index (Phi) is 4.33. The zero-order chi connectivity index (χ0) is 17.4. The van der Waals surface area contributed by atoms with Crippen LogP contribution in [0.15, 0.2) is 41.5 Å². The molecular weight excluding hydrogens is 322 g/mol.